The predicted molar refractivity (Wildman–Crippen MR) is 83.8 cm³/mol. The summed E-state index contributed by atoms with van der Waals surface area (Å²) >= 11 is 11.7. The van der Waals surface area contributed by atoms with Gasteiger partial charge in [0, 0.05) is 12.7 Å². The van der Waals surface area contributed by atoms with E-state index in [4.69, 9.17) is 23.2 Å². The molecule has 7 heteroatoms. The Bertz CT molecular complexity index is 545. The number of likely N-dealkylation sites (N-methyl/N-ethyl adjacent to an activating group) is 1. The van der Waals surface area contributed by atoms with E-state index >= 15 is 0 Å². The van der Waals surface area contributed by atoms with Crippen LogP contribution < -0.4 is 10.6 Å². The van der Waals surface area contributed by atoms with Crippen molar-refractivity contribution >= 4 is 40.7 Å². The molecule has 2 amide bonds. The summed E-state index contributed by atoms with van der Waals surface area (Å²) in [5.41, 5.74) is 0.550. The molecule has 0 radical (unpaired) electrons. The second-order valence-electron chi connectivity index (χ2n) is 5.02. The zero-order valence-electron chi connectivity index (χ0n) is 11.7. The second kappa shape index (κ2) is 7.11. The molecule has 0 spiro atoms. The van der Waals surface area contributed by atoms with Crippen molar-refractivity contribution in [3.8, 4) is 0 Å². The van der Waals surface area contributed by atoms with Crippen LogP contribution in [-0.4, -0.2) is 42.9 Å². The van der Waals surface area contributed by atoms with Gasteiger partial charge in [-0.2, -0.15) is 0 Å². The van der Waals surface area contributed by atoms with Gasteiger partial charge in [-0.25, -0.2) is 0 Å². The van der Waals surface area contributed by atoms with E-state index in [1.165, 1.54) is 4.90 Å². The first-order valence-electron chi connectivity index (χ1n) is 6.70. The van der Waals surface area contributed by atoms with E-state index in [0.717, 1.165) is 19.4 Å². The van der Waals surface area contributed by atoms with Gasteiger partial charge in [0.05, 0.1) is 22.6 Å². The molecule has 1 fully saturated rings. The van der Waals surface area contributed by atoms with Gasteiger partial charge in [0.15, 0.2) is 0 Å². The molecule has 1 aliphatic heterocycles. The Hall–Kier alpha value is -1.30. The van der Waals surface area contributed by atoms with Crippen LogP contribution in [0.25, 0.3) is 0 Å². The maximum atomic E-state index is 12.1. The van der Waals surface area contributed by atoms with Crippen LogP contribution in [0.1, 0.15) is 12.8 Å². The van der Waals surface area contributed by atoms with Crippen molar-refractivity contribution < 1.29 is 9.59 Å². The third kappa shape index (κ3) is 4.33. The quantitative estimate of drug-likeness (QED) is 0.889. The third-order valence-corrected chi connectivity index (χ3v) is 4.06. The molecule has 0 saturated carbocycles. The average molecular weight is 330 g/mol. The highest BCUT2D eigenvalue weighted by Gasteiger charge is 2.25. The van der Waals surface area contributed by atoms with Gasteiger partial charge in [0.2, 0.25) is 11.8 Å². The van der Waals surface area contributed by atoms with Gasteiger partial charge in [-0.1, -0.05) is 23.2 Å². The normalized spacial score (nSPS) is 17.6. The van der Waals surface area contributed by atoms with E-state index in [-0.39, 0.29) is 24.4 Å². The van der Waals surface area contributed by atoms with Crippen LogP contribution >= 0.6 is 23.2 Å². The van der Waals surface area contributed by atoms with E-state index in [0.29, 0.717) is 15.7 Å². The topological polar surface area (TPSA) is 61.4 Å². The second-order valence-corrected chi connectivity index (χ2v) is 5.83. The Balaban J connectivity index is 1.88. The van der Waals surface area contributed by atoms with Crippen molar-refractivity contribution in [2.75, 3.05) is 25.5 Å². The first kappa shape index (κ1) is 16.1. The Labute approximate surface area is 133 Å². The minimum Gasteiger partial charge on any atom is -0.335 e. The van der Waals surface area contributed by atoms with Gasteiger partial charge in [-0.3, -0.25) is 9.59 Å². The highest BCUT2D eigenvalue weighted by Crippen LogP contribution is 2.24. The number of anilines is 1. The first-order chi connectivity index (χ1) is 9.97. The van der Waals surface area contributed by atoms with E-state index in [2.05, 4.69) is 10.6 Å². The third-order valence-electron chi connectivity index (χ3n) is 3.32. The van der Waals surface area contributed by atoms with Crippen LogP contribution in [0.3, 0.4) is 0 Å². The van der Waals surface area contributed by atoms with Crippen molar-refractivity contribution in [3.05, 3.63) is 28.2 Å². The highest BCUT2D eigenvalue weighted by atomic mass is 35.5. The molecule has 1 aromatic carbocycles. The van der Waals surface area contributed by atoms with E-state index in [9.17, 15) is 9.59 Å². The lowest BCUT2D eigenvalue weighted by Gasteiger charge is -2.20. The van der Waals surface area contributed by atoms with Gasteiger partial charge in [0.25, 0.3) is 0 Å². The molecule has 0 bridgehead atoms. The van der Waals surface area contributed by atoms with Crippen molar-refractivity contribution in [2.24, 2.45) is 0 Å². The number of hydrogen-bond donors (Lipinski definition) is 2. The number of rotatable bonds is 4. The summed E-state index contributed by atoms with van der Waals surface area (Å²) in [5.74, 6) is -0.334. The number of carbonyl (C=O) groups is 2. The number of nitrogens with zero attached hydrogens (tertiary/aromatic N) is 1. The van der Waals surface area contributed by atoms with Gasteiger partial charge in [0.1, 0.15) is 0 Å². The van der Waals surface area contributed by atoms with E-state index in [1.54, 1.807) is 25.2 Å². The molecule has 1 heterocycles. The average Bonchev–Trinajstić information content (AvgIpc) is 2.96. The molecule has 1 aromatic rings. The Kier molecular flexibility index (Phi) is 5.45. The molecule has 1 aliphatic rings. The summed E-state index contributed by atoms with van der Waals surface area (Å²) in [5, 5.41) is 6.60. The SMILES string of the molecule is CN(CC(=O)Nc1ccc(Cl)c(Cl)c1)C(=O)C1CCCN1. The van der Waals surface area contributed by atoms with Crippen LogP contribution in [0.15, 0.2) is 18.2 Å². The predicted octanol–water partition coefficient (Wildman–Crippen LogP) is 2.14. The number of carbonyl (C=O) groups excluding carboxylic acids is 2. The maximum absolute atomic E-state index is 12.1. The number of nitrogens with one attached hydrogen (secondary N) is 2. The fraction of sp³-hybridized carbons (Fsp3) is 0.429. The Morgan fingerprint density at radius 1 is 1.38 bits per heavy atom. The van der Waals surface area contributed by atoms with Gasteiger partial charge in [-0.05, 0) is 37.6 Å². The van der Waals surface area contributed by atoms with Crippen LogP contribution in [0.5, 0.6) is 0 Å². The summed E-state index contributed by atoms with van der Waals surface area (Å²) in [6, 6.07) is 4.67. The number of amides is 2. The van der Waals surface area contributed by atoms with Crippen LogP contribution in [0, 0.1) is 0 Å². The monoisotopic (exact) mass is 329 g/mol. The van der Waals surface area contributed by atoms with Crippen molar-refractivity contribution in [2.45, 2.75) is 18.9 Å². The van der Waals surface area contributed by atoms with Gasteiger partial charge < -0.3 is 15.5 Å². The first-order valence-corrected chi connectivity index (χ1v) is 7.46. The molecule has 21 heavy (non-hydrogen) atoms. The largest absolute Gasteiger partial charge is 0.335 e. The zero-order chi connectivity index (χ0) is 15.4. The van der Waals surface area contributed by atoms with Crippen molar-refractivity contribution in [1.29, 1.82) is 0 Å². The van der Waals surface area contributed by atoms with Crippen molar-refractivity contribution in [3.63, 3.8) is 0 Å². The Morgan fingerprint density at radius 3 is 2.76 bits per heavy atom. The number of halogens is 2. The molecular weight excluding hydrogens is 313 g/mol. The summed E-state index contributed by atoms with van der Waals surface area (Å²) in [6.45, 7) is 0.844. The van der Waals surface area contributed by atoms with Crippen molar-refractivity contribution in [1.82, 2.24) is 10.2 Å². The lowest BCUT2D eigenvalue weighted by molar-refractivity contribution is -0.134. The van der Waals surface area contributed by atoms with Crippen LogP contribution in [0.4, 0.5) is 5.69 Å². The Morgan fingerprint density at radius 2 is 2.14 bits per heavy atom. The molecule has 1 atom stereocenters. The summed E-state index contributed by atoms with van der Waals surface area (Å²) in [4.78, 5) is 25.4. The highest BCUT2D eigenvalue weighted by molar-refractivity contribution is 6.42. The standard InChI is InChI=1S/C14H17Cl2N3O2/c1-19(14(21)12-3-2-6-17-12)8-13(20)18-9-4-5-10(15)11(16)7-9/h4-5,7,12,17H,2-3,6,8H2,1H3,(H,18,20). The number of benzene rings is 1. The minimum absolute atomic E-state index is 0.00272. The zero-order valence-corrected chi connectivity index (χ0v) is 13.2. The molecule has 2 N–H and O–H groups in total. The smallest absolute Gasteiger partial charge is 0.243 e. The van der Waals surface area contributed by atoms with Gasteiger partial charge >= 0.3 is 0 Å². The number of hydrogen-bond acceptors (Lipinski definition) is 3. The van der Waals surface area contributed by atoms with Crippen LogP contribution in [0.2, 0.25) is 10.0 Å². The summed E-state index contributed by atoms with van der Waals surface area (Å²) < 4.78 is 0. The molecule has 0 aromatic heterocycles. The fourth-order valence-electron chi connectivity index (χ4n) is 2.23. The molecular formula is C14H17Cl2N3O2. The fourth-order valence-corrected chi connectivity index (χ4v) is 2.53. The summed E-state index contributed by atoms with van der Waals surface area (Å²) in [6.07, 6.45) is 1.80. The molecule has 1 unspecified atom stereocenters. The van der Waals surface area contributed by atoms with Crippen LogP contribution in [-0.2, 0) is 9.59 Å². The van der Waals surface area contributed by atoms with E-state index in [1.807, 2.05) is 0 Å². The lowest BCUT2D eigenvalue weighted by atomic mass is 10.2. The molecule has 114 valence electrons. The maximum Gasteiger partial charge on any atom is 0.243 e. The molecule has 2 rings (SSSR count). The molecule has 5 nitrogen and oxygen atoms in total. The lowest BCUT2D eigenvalue weighted by Crippen LogP contribution is -2.44. The van der Waals surface area contributed by atoms with E-state index < -0.39 is 0 Å². The molecule has 1 saturated heterocycles. The summed E-state index contributed by atoms with van der Waals surface area (Å²) in [7, 11) is 1.62. The minimum atomic E-state index is -0.276. The molecule has 0 aliphatic carbocycles. The van der Waals surface area contributed by atoms with Gasteiger partial charge in [-0.15, -0.1) is 0 Å².